The molecular formula is C15H16NS+. The number of fused-ring (bicyclic) bond motifs is 1. The number of nitriles is 1. The third kappa shape index (κ3) is 2.16. The van der Waals surface area contributed by atoms with E-state index >= 15 is 0 Å². The lowest BCUT2D eigenvalue weighted by molar-refractivity contribution is 1.37. The van der Waals surface area contributed by atoms with Gasteiger partial charge in [0.1, 0.15) is 11.5 Å². The molecule has 0 atom stereocenters. The molecule has 0 bridgehead atoms. The molecule has 1 nitrogen and oxygen atoms in total. The van der Waals surface area contributed by atoms with Gasteiger partial charge in [-0.2, -0.15) is 5.26 Å². The van der Waals surface area contributed by atoms with Crippen LogP contribution in [0.4, 0.5) is 0 Å². The smallest absolute Gasteiger partial charge is 0.162 e. The number of hydrogen-bond donors (Lipinski definition) is 0. The van der Waals surface area contributed by atoms with Crippen LogP contribution in [-0.2, 0) is 10.9 Å². The summed E-state index contributed by atoms with van der Waals surface area (Å²) in [4.78, 5) is 1.41. The lowest BCUT2D eigenvalue weighted by Crippen LogP contribution is -2.08. The van der Waals surface area contributed by atoms with Crippen LogP contribution in [-0.4, -0.2) is 11.5 Å². The maximum Gasteiger partial charge on any atom is 0.162 e. The number of benzene rings is 2. The Balaban J connectivity index is 2.71. The summed E-state index contributed by atoms with van der Waals surface area (Å²) in [5, 5.41) is 11.5. The quantitative estimate of drug-likeness (QED) is 0.752. The van der Waals surface area contributed by atoms with Crippen LogP contribution < -0.4 is 0 Å². The molecule has 0 radical (unpaired) electrons. The van der Waals surface area contributed by atoms with Gasteiger partial charge in [0, 0.05) is 21.7 Å². The number of rotatable bonds is 3. The monoisotopic (exact) mass is 242 g/mol. The van der Waals surface area contributed by atoms with Crippen molar-refractivity contribution in [3.8, 4) is 6.07 Å². The maximum absolute atomic E-state index is 9.13. The third-order valence-corrected chi connectivity index (χ3v) is 5.38. The summed E-state index contributed by atoms with van der Waals surface area (Å²) in [7, 11) is 0.304. The molecule has 0 aliphatic rings. The van der Waals surface area contributed by atoms with E-state index in [1.165, 1.54) is 21.8 Å². The summed E-state index contributed by atoms with van der Waals surface area (Å²) < 4.78 is 0. The second-order valence-corrected chi connectivity index (χ2v) is 6.42. The van der Waals surface area contributed by atoms with Gasteiger partial charge in [-0.25, -0.2) is 0 Å². The first kappa shape index (κ1) is 12.0. The summed E-state index contributed by atoms with van der Waals surface area (Å²) in [6.07, 6.45) is 0. The fourth-order valence-electron chi connectivity index (χ4n) is 2.14. The van der Waals surface area contributed by atoms with Crippen molar-refractivity contribution in [1.82, 2.24) is 0 Å². The molecule has 0 aliphatic carbocycles. The zero-order valence-electron chi connectivity index (χ0n) is 10.2. The molecule has 0 aliphatic heterocycles. The average molecular weight is 242 g/mol. The Labute approximate surface area is 105 Å². The highest BCUT2D eigenvalue weighted by Gasteiger charge is 2.20. The highest BCUT2D eigenvalue weighted by molar-refractivity contribution is 7.97. The van der Waals surface area contributed by atoms with Gasteiger partial charge in [0.15, 0.2) is 4.90 Å². The Morgan fingerprint density at radius 2 is 1.65 bits per heavy atom. The summed E-state index contributed by atoms with van der Waals surface area (Å²) in [5.41, 5.74) is 0.778. The molecule has 0 spiro atoms. The molecule has 86 valence electrons. The van der Waals surface area contributed by atoms with E-state index in [4.69, 9.17) is 5.26 Å². The second-order valence-electron chi connectivity index (χ2n) is 3.84. The molecule has 0 saturated carbocycles. The second kappa shape index (κ2) is 5.25. The molecule has 0 heterocycles. The fraction of sp³-hybridized carbons (Fsp3) is 0.267. The molecule has 0 aromatic heterocycles. The van der Waals surface area contributed by atoms with Crippen LogP contribution >= 0.6 is 0 Å². The Kier molecular flexibility index (Phi) is 3.71. The van der Waals surface area contributed by atoms with Crippen LogP contribution in [0.25, 0.3) is 10.8 Å². The molecule has 0 unspecified atom stereocenters. The van der Waals surface area contributed by atoms with Gasteiger partial charge in [0.2, 0.25) is 0 Å². The summed E-state index contributed by atoms with van der Waals surface area (Å²) in [6, 6.07) is 14.6. The minimum absolute atomic E-state index is 0.304. The Hall–Kier alpha value is -1.46. The highest BCUT2D eigenvalue weighted by atomic mass is 32.2. The van der Waals surface area contributed by atoms with E-state index < -0.39 is 0 Å². The molecule has 0 N–H and O–H groups in total. The van der Waals surface area contributed by atoms with Gasteiger partial charge < -0.3 is 0 Å². The van der Waals surface area contributed by atoms with E-state index in [0.29, 0.717) is 10.9 Å². The van der Waals surface area contributed by atoms with Gasteiger partial charge >= 0.3 is 0 Å². The molecule has 2 rings (SSSR count). The van der Waals surface area contributed by atoms with Gasteiger partial charge in [-0.1, -0.05) is 18.2 Å². The Bertz CT molecular complexity index is 565. The molecule has 17 heavy (non-hydrogen) atoms. The summed E-state index contributed by atoms with van der Waals surface area (Å²) in [6.45, 7) is 4.47. The summed E-state index contributed by atoms with van der Waals surface area (Å²) >= 11 is 0. The molecule has 2 aromatic carbocycles. The van der Waals surface area contributed by atoms with Crippen LogP contribution in [0.1, 0.15) is 19.4 Å². The molecular weight excluding hydrogens is 226 g/mol. The van der Waals surface area contributed by atoms with Crippen LogP contribution in [0.2, 0.25) is 0 Å². The van der Waals surface area contributed by atoms with E-state index in [0.717, 1.165) is 10.9 Å². The molecule has 2 heteroatoms. The van der Waals surface area contributed by atoms with E-state index in [1.807, 2.05) is 18.2 Å². The van der Waals surface area contributed by atoms with Gasteiger partial charge in [-0.3, -0.25) is 0 Å². The number of hydrogen-bond acceptors (Lipinski definition) is 1. The first-order valence-electron chi connectivity index (χ1n) is 5.91. The van der Waals surface area contributed by atoms with Crippen molar-refractivity contribution in [3.63, 3.8) is 0 Å². The van der Waals surface area contributed by atoms with Crippen molar-refractivity contribution in [2.24, 2.45) is 0 Å². The lowest BCUT2D eigenvalue weighted by atomic mass is 10.1. The SMILES string of the molecule is CC[S+](CC)c1ccc(C#N)c2ccccc12. The predicted molar refractivity (Wildman–Crippen MR) is 75.4 cm³/mol. The van der Waals surface area contributed by atoms with Crippen LogP contribution in [0, 0.1) is 11.3 Å². The van der Waals surface area contributed by atoms with Crippen molar-refractivity contribution in [2.75, 3.05) is 11.5 Å². The first-order valence-corrected chi connectivity index (χ1v) is 7.47. The maximum atomic E-state index is 9.13. The fourth-order valence-corrected chi connectivity index (χ4v) is 3.92. The minimum atomic E-state index is 0.304. The zero-order chi connectivity index (χ0) is 12.3. The van der Waals surface area contributed by atoms with Crippen LogP contribution in [0.15, 0.2) is 41.3 Å². The topological polar surface area (TPSA) is 23.8 Å². The number of nitrogens with zero attached hydrogens (tertiary/aromatic N) is 1. The lowest BCUT2D eigenvalue weighted by Gasteiger charge is -2.08. The van der Waals surface area contributed by atoms with Gasteiger partial charge in [0.25, 0.3) is 0 Å². The van der Waals surface area contributed by atoms with Crippen molar-refractivity contribution >= 4 is 21.7 Å². The first-order chi connectivity index (χ1) is 8.31. The minimum Gasteiger partial charge on any atom is -0.192 e. The summed E-state index contributed by atoms with van der Waals surface area (Å²) in [5.74, 6) is 2.35. The van der Waals surface area contributed by atoms with Crippen molar-refractivity contribution in [1.29, 1.82) is 5.26 Å². The van der Waals surface area contributed by atoms with Crippen molar-refractivity contribution in [2.45, 2.75) is 18.7 Å². The molecule has 0 fully saturated rings. The molecule has 0 saturated heterocycles. The van der Waals surface area contributed by atoms with Gasteiger partial charge in [-0.15, -0.1) is 0 Å². The highest BCUT2D eigenvalue weighted by Crippen LogP contribution is 2.27. The van der Waals surface area contributed by atoms with E-state index in [2.05, 4.69) is 38.1 Å². The third-order valence-electron chi connectivity index (χ3n) is 3.01. The zero-order valence-corrected chi connectivity index (χ0v) is 11.1. The molecule has 2 aromatic rings. The Morgan fingerprint density at radius 1 is 1.00 bits per heavy atom. The average Bonchev–Trinajstić information content (AvgIpc) is 2.40. The van der Waals surface area contributed by atoms with E-state index in [1.54, 1.807) is 0 Å². The van der Waals surface area contributed by atoms with Crippen molar-refractivity contribution < 1.29 is 0 Å². The predicted octanol–water partition coefficient (Wildman–Crippen LogP) is 3.73. The van der Waals surface area contributed by atoms with Crippen LogP contribution in [0.5, 0.6) is 0 Å². The van der Waals surface area contributed by atoms with Crippen LogP contribution in [0.3, 0.4) is 0 Å². The van der Waals surface area contributed by atoms with E-state index in [-0.39, 0.29) is 0 Å². The molecule has 0 amide bonds. The van der Waals surface area contributed by atoms with Gasteiger partial charge in [0.05, 0.1) is 11.6 Å². The van der Waals surface area contributed by atoms with E-state index in [9.17, 15) is 0 Å². The Morgan fingerprint density at radius 3 is 2.24 bits per heavy atom. The van der Waals surface area contributed by atoms with Gasteiger partial charge in [-0.05, 0) is 32.0 Å². The largest absolute Gasteiger partial charge is 0.192 e. The normalized spacial score (nSPS) is 10.7. The standard InChI is InChI=1S/C15H16NS/c1-3-17(4-2)15-10-9-12(11-16)13-7-5-6-8-14(13)15/h5-10H,3-4H2,1-2H3/q+1. The van der Waals surface area contributed by atoms with Crippen molar-refractivity contribution in [3.05, 3.63) is 42.0 Å².